The topological polar surface area (TPSA) is 24.9 Å². The van der Waals surface area contributed by atoms with Crippen LogP contribution in [0.25, 0.3) is 10.8 Å². The Balaban J connectivity index is 2.18. The van der Waals surface area contributed by atoms with Crippen molar-refractivity contribution in [2.45, 2.75) is 52.0 Å². The predicted molar refractivity (Wildman–Crippen MR) is 86.9 cm³/mol. The van der Waals surface area contributed by atoms with E-state index in [1.165, 1.54) is 48.4 Å². The lowest BCUT2D eigenvalue weighted by Crippen LogP contribution is -2.21. The Morgan fingerprint density at radius 2 is 1.90 bits per heavy atom. The number of fused-ring (bicyclic) bond motifs is 1. The van der Waals surface area contributed by atoms with E-state index in [1.807, 2.05) is 12.4 Å². The van der Waals surface area contributed by atoms with Crippen molar-refractivity contribution >= 4 is 10.8 Å². The molecule has 1 N–H and O–H groups in total. The Bertz CT molecular complexity index is 516. The molecule has 0 aliphatic heterocycles. The summed E-state index contributed by atoms with van der Waals surface area (Å²) in [5.41, 5.74) is 1.35. The van der Waals surface area contributed by atoms with Crippen molar-refractivity contribution in [3.63, 3.8) is 0 Å². The molecule has 108 valence electrons. The fourth-order valence-electron chi connectivity index (χ4n) is 2.81. The highest BCUT2D eigenvalue weighted by molar-refractivity contribution is 5.85. The molecule has 20 heavy (non-hydrogen) atoms. The van der Waals surface area contributed by atoms with Crippen molar-refractivity contribution in [2.24, 2.45) is 0 Å². The molecule has 0 saturated carbocycles. The van der Waals surface area contributed by atoms with Crippen molar-refractivity contribution in [3.8, 4) is 0 Å². The molecule has 0 saturated heterocycles. The van der Waals surface area contributed by atoms with E-state index in [1.54, 1.807) is 0 Å². The number of pyridine rings is 1. The Morgan fingerprint density at radius 1 is 1.05 bits per heavy atom. The zero-order valence-electron chi connectivity index (χ0n) is 12.7. The molecule has 2 aromatic rings. The third kappa shape index (κ3) is 3.80. The molecule has 1 unspecified atom stereocenters. The molecule has 0 bridgehead atoms. The molecule has 0 fully saturated rings. The van der Waals surface area contributed by atoms with Crippen molar-refractivity contribution in [2.75, 3.05) is 6.54 Å². The van der Waals surface area contributed by atoms with Crippen molar-refractivity contribution < 1.29 is 0 Å². The molecule has 2 nitrogen and oxygen atoms in total. The summed E-state index contributed by atoms with van der Waals surface area (Å²) in [6.45, 7) is 5.44. The largest absolute Gasteiger partial charge is 0.310 e. The summed E-state index contributed by atoms with van der Waals surface area (Å²) in [6.07, 6.45) is 10.4. The summed E-state index contributed by atoms with van der Waals surface area (Å²) < 4.78 is 0. The average Bonchev–Trinajstić information content (AvgIpc) is 2.50. The van der Waals surface area contributed by atoms with Crippen molar-refractivity contribution in [3.05, 3.63) is 42.2 Å². The molecule has 0 aliphatic carbocycles. The van der Waals surface area contributed by atoms with E-state index in [2.05, 4.69) is 48.4 Å². The second kappa shape index (κ2) is 8.01. The summed E-state index contributed by atoms with van der Waals surface area (Å²) in [7, 11) is 0. The molecular formula is C18H26N2. The Kier molecular flexibility index (Phi) is 6.00. The lowest BCUT2D eigenvalue weighted by molar-refractivity contribution is 0.483. The summed E-state index contributed by atoms with van der Waals surface area (Å²) in [5.74, 6) is 0. The maximum absolute atomic E-state index is 4.42. The molecule has 1 heterocycles. The summed E-state index contributed by atoms with van der Waals surface area (Å²) in [5, 5.41) is 6.20. The quantitative estimate of drug-likeness (QED) is 0.693. The van der Waals surface area contributed by atoms with E-state index < -0.39 is 0 Å². The van der Waals surface area contributed by atoms with Gasteiger partial charge in [-0.25, -0.2) is 0 Å². The number of hydrogen-bond donors (Lipinski definition) is 1. The van der Waals surface area contributed by atoms with E-state index in [-0.39, 0.29) is 0 Å². The van der Waals surface area contributed by atoms with Gasteiger partial charge in [0.2, 0.25) is 0 Å². The minimum absolute atomic E-state index is 0.426. The standard InChI is InChI=1S/C18H26N2/c1-3-5-6-7-12-18(20-4-2)17-14-19-13-15-10-8-9-11-16(15)17/h8-11,13-14,18,20H,3-7,12H2,1-2H3. The van der Waals surface area contributed by atoms with Gasteiger partial charge in [-0.3, -0.25) is 4.98 Å². The number of nitrogens with one attached hydrogen (secondary N) is 1. The van der Waals surface area contributed by atoms with Gasteiger partial charge in [-0.05, 0) is 23.9 Å². The van der Waals surface area contributed by atoms with Gasteiger partial charge in [-0.1, -0.05) is 63.8 Å². The molecule has 1 aromatic heterocycles. The monoisotopic (exact) mass is 270 g/mol. The number of unbranched alkanes of at least 4 members (excludes halogenated alkanes) is 3. The maximum atomic E-state index is 4.42. The first-order valence-electron chi connectivity index (χ1n) is 7.92. The van der Waals surface area contributed by atoms with Crippen LogP contribution in [-0.4, -0.2) is 11.5 Å². The number of rotatable bonds is 8. The van der Waals surface area contributed by atoms with Gasteiger partial charge >= 0.3 is 0 Å². The van der Waals surface area contributed by atoms with Gasteiger partial charge in [0.1, 0.15) is 0 Å². The van der Waals surface area contributed by atoms with Gasteiger partial charge in [-0.2, -0.15) is 0 Å². The van der Waals surface area contributed by atoms with Crippen LogP contribution in [0, 0.1) is 0 Å². The van der Waals surface area contributed by atoms with Crippen LogP contribution in [-0.2, 0) is 0 Å². The van der Waals surface area contributed by atoms with Crippen LogP contribution < -0.4 is 5.32 Å². The zero-order valence-corrected chi connectivity index (χ0v) is 12.7. The minimum Gasteiger partial charge on any atom is -0.310 e. The number of aromatic nitrogens is 1. The molecule has 0 spiro atoms. The molecule has 2 heteroatoms. The van der Waals surface area contributed by atoms with Crippen molar-refractivity contribution in [1.29, 1.82) is 0 Å². The summed E-state index contributed by atoms with van der Waals surface area (Å²) in [6, 6.07) is 8.98. The minimum atomic E-state index is 0.426. The molecular weight excluding hydrogens is 244 g/mol. The fraction of sp³-hybridized carbons (Fsp3) is 0.500. The first-order valence-corrected chi connectivity index (χ1v) is 7.92. The van der Waals surface area contributed by atoms with Crippen LogP contribution in [0.15, 0.2) is 36.7 Å². The predicted octanol–water partition coefficient (Wildman–Crippen LogP) is 4.86. The average molecular weight is 270 g/mol. The van der Waals surface area contributed by atoms with Gasteiger partial charge in [0, 0.05) is 23.8 Å². The summed E-state index contributed by atoms with van der Waals surface area (Å²) >= 11 is 0. The Morgan fingerprint density at radius 3 is 2.70 bits per heavy atom. The molecule has 1 aromatic carbocycles. The van der Waals surface area contributed by atoms with Crippen LogP contribution in [0.1, 0.15) is 57.6 Å². The second-order valence-electron chi connectivity index (χ2n) is 5.41. The Labute approximate surface area is 122 Å². The Hall–Kier alpha value is -1.41. The number of hydrogen-bond acceptors (Lipinski definition) is 2. The van der Waals surface area contributed by atoms with E-state index in [9.17, 15) is 0 Å². The lowest BCUT2D eigenvalue weighted by Gasteiger charge is -2.19. The molecule has 1 atom stereocenters. The third-order valence-corrected chi connectivity index (χ3v) is 3.87. The molecule has 2 rings (SSSR count). The van der Waals surface area contributed by atoms with Gasteiger partial charge in [0.25, 0.3) is 0 Å². The normalized spacial score (nSPS) is 12.7. The van der Waals surface area contributed by atoms with Gasteiger partial charge in [0.15, 0.2) is 0 Å². The first kappa shape index (κ1) is 15.0. The molecule has 0 amide bonds. The van der Waals surface area contributed by atoms with Crippen LogP contribution in [0.3, 0.4) is 0 Å². The van der Waals surface area contributed by atoms with Crippen LogP contribution in [0.2, 0.25) is 0 Å². The van der Waals surface area contributed by atoms with Gasteiger partial charge in [0.05, 0.1) is 0 Å². The van der Waals surface area contributed by atoms with Crippen LogP contribution >= 0.6 is 0 Å². The fourth-order valence-corrected chi connectivity index (χ4v) is 2.81. The smallest absolute Gasteiger partial charge is 0.0346 e. The lowest BCUT2D eigenvalue weighted by atomic mass is 9.97. The highest BCUT2D eigenvalue weighted by atomic mass is 14.9. The zero-order chi connectivity index (χ0) is 14.2. The van der Waals surface area contributed by atoms with Gasteiger partial charge < -0.3 is 5.32 Å². The van der Waals surface area contributed by atoms with E-state index in [4.69, 9.17) is 0 Å². The maximum Gasteiger partial charge on any atom is 0.0346 e. The SMILES string of the molecule is CCCCCCC(NCC)c1cncc2ccccc12. The molecule has 0 aliphatic rings. The number of nitrogens with zero attached hydrogens (tertiary/aromatic N) is 1. The summed E-state index contributed by atoms with van der Waals surface area (Å²) in [4.78, 5) is 4.42. The first-order chi connectivity index (χ1) is 9.86. The molecule has 0 radical (unpaired) electrons. The van der Waals surface area contributed by atoms with Crippen LogP contribution in [0.5, 0.6) is 0 Å². The van der Waals surface area contributed by atoms with E-state index >= 15 is 0 Å². The highest BCUT2D eigenvalue weighted by Gasteiger charge is 2.13. The van der Waals surface area contributed by atoms with E-state index in [0.29, 0.717) is 6.04 Å². The second-order valence-corrected chi connectivity index (χ2v) is 5.41. The van der Waals surface area contributed by atoms with Crippen molar-refractivity contribution in [1.82, 2.24) is 10.3 Å². The van der Waals surface area contributed by atoms with Crippen LogP contribution in [0.4, 0.5) is 0 Å². The third-order valence-electron chi connectivity index (χ3n) is 3.87. The highest BCUT2D eigenvalue weighted by Crippen LogP contribution is 2.26. The van der Waals surface area contributed by atoms with Gasteiger partial charge in [-0.15, -0.1) is 0 Å². The van der Waals surface area contributed by atoms with E-state index in [0.717, 1.165) is 6.54 Å². The number of benzene rings is 1.